The van der Waals surface area contributed by atoms with Crippen LogP contribution in [0.15, 0.2) is 24.3 Å². The summed E-state index contributed by atoms with van der Waals surface area (Å²) in [6.07, 6.45) is 7.07. The first-order valence-corrected chi connectivity index (χ1v) is 10.9. The quantitative estimate of drug-likeness (QED) is 0.846. The topological polar surface area (TPSA) is 67.2 Å². The number of nitrogens with one attached hydrogen (secondary N) is 1. The number of hydrogen-bond donors (Lipinski definition) is 1. The number of anilines is 1. The van der Waals surface area contributed by atoms with Crippen molar-refractivity contribution in [3.05, 3.63) is 47.0 Å². The lowest BCUT2D eigenvalue weighted by Gasteiger charge is -2.35. The molecule has 6 nitrogen and oxygen atoms in total. The fourth-order valence-electron chi connectivity index (χ4n) is 4.63. The highest BCUT2D eigenvalue weighted by atomic mass is 16.2. The molecule has 29 heavy (non-hydrogen) atoms. The van der Waals surface area contributed by atoms with Crippen molar-refractivity contribution in [3.63, 3.8) is 0 Å². The lowest BCUT2D eigenvalue weighted by molar-refractivity contribution is 0.0600. The number of carbonyl (C=O) groups is 2. The summed E-state index contributed by atoms with van der Waals surface area (Å²) in [4.78, 5) is 33.0. The van der Waals surface area contributed by atoms with Crippen LogP contribution in [0.5, 0.6) is 0 Å². The summed E-state index contributed by atoms with van der Waals surface area (Å²) in [6.45, 7) is 5.66. The highest BCUT2D eigenvalue weighted by molar-refractivity contribution is 6.03. The Balaban J connectivity index is 1.65. The molecule has 0 bridgehead atoms. The molecule has 3 heterocycles. The molecule has 1 N–H and O–H groups in total. The minimum absolute atomic E-state index is 0.00296. The Kier molecular flexibility index (Phi) is 5.69. The van der Waals surface area contributed by atoms with Gasteiger partial charge in [-0.3, -0.25) is 9.59 Å². The van der Waals surface area contributed by atoms with Gasteiger partial charge >= 0.3 is 0 Å². The number of aryl methyl sites for hydroxylation is 1. The molecule has 1 aromatic heterocycles. The number of nitrogens with zero attached hydrogens (tertiary/aromatic N) is 3. The van der Waals surface area contributed by atoms with Crippen LogP contribution in [0.3, 0.4) is 0 Å². The Morgan fingerprint density at radius 2 is 2.00 bits per heavy atom. The van der Waals surface area contributed by atoms with Gasteiger partial charge in [-0.1, -0.05) is 19.1 Å². The van der Waals surface area contributed by atoms with E-state index in [1.54, 1.807) is 0 Å². The van der Waals surface area contributed by atoms with Crippen LogP contribution in [0.25, 0.3) is 0 Å². The first-order chi connectivity index (χ1) is 14.1. The second-order valence-corrected chi connectivity index (χ2v) is 8.22. The molecule has 0 aliphatic carbocycles. The van der Waals surface area contributed by atoms with Crippen molar-refractivity contribution in [2.75, 3.05) is 11.9 Å². The summed E-state index contributed by atoms with van der Waals surface area (Å²) in [5, 5.41) is 2.95. The van der Waals surface area contributed by atoms with Gasteiger partial charge in [0.25, 0.3) is 11.8 Å². The molecule has 1 unspecified atom stereocenters. The second kappa shape index (κ2) is 8.39. The number of rotatable bonds is 4. The first kappa shape index (κ1) is 19.7. The van der Waals surface area contributed by atoms with E-state index in [2.05, 4.69) is 17.2 Å². The molecule has 1 aromatic carbocycles. The third-order valence-electron chi connectivity index (χ3n) is 6.16. The summed E-state index contributed by atoms with van der Waals surface area (Å²) >= 11 is 0. The first-order valence-electron chi connectivity index (χ1n) is 10.9. The van der Waals surface area contributed by atoms with Gasteiger partial charge in [-0.15, -0.1) is 0 Å². The molecule has 1 fully saturated rings. The van der Waals surface area contributed by atoms with E-state index >= 15 is 0 Å². The molecule has 2 aliphatic heterocycles. The number of imidazole rings is 1. The third kappa shape index (κ3) is 3.93. The Bertz CT molecular complexity index is 918. The molecule has 2 aromatic rings. The van der Waals surface area contributed by atoms with Crippen molar-refractivity contribution in [2.24, 2.45) is 0 Å². The molecular weight excluding hydrogens is 364 g/mol. The zero-order chi connectivity index (χ0) is 20.4. The SMILES string of the molecule is CCC1CCCCN1C(=O)c1nc(C(=O)Nc2cccc(C)c2)n2c1CCCC2. The fourth-order valence-corrected chi connectivity index (χ4v) is 4.63. The lowest BCUT2D eigenvalue weighted by Crippen LogP contribution is -2.44. The standard InChI is InChI=1S/C23H30N4O2/c1-3-18-11-4-6-13-26(18)23(29)20-19-12-5-7-14-27(19)21(25-20)22(28)24-17-10-8-9-16(2)15-17/h8-10,15,18H,3-7,11-14H2,1-2H3,(H,24,28). The van der Waals surface area contributed by atoms with E-state index in [-0.39, 0.29) is 17.9 Å². The van der Waals surface area contributed by atoms with Gasteiger partial charge in [0, 0.05) is 24.8 Å². The maximum atomic E-state index is 13.4. The van der Waals surface area contributed by atoms with Crippen molar-refractivity contribution in [1.29, 1.82) is 0 Å². The fraction of sp³-hybridized carbons (Fsp3) is 0.522. The Morgan fingerprint density at radius 1 is 1.17 bits per heavy atom. The maximum absolute atomic E-state index is 13.4. The maximum Gasteiger partial charge on any atom is 0.291 e. The van der Waals surface area contributed by atoms with Crippen LogP contribution in [0.2, 0.25) is 0 Å². The summed E-state index contributed by atoms with van der Waals surface area (Å²) in [5.41, 5.74) is 3.24. The predicted octanol–water partition coefficient (Wildman–Crippen LogP) is 4.18. The van der Waals surface area contributed by atoms with Gasteiger partial charge < -0.3 is 14.8 Å². The molecular formula is C23H30N4O2. The normalized spacial score (nSPS) is 19.0. The second-order valence-electron chi connectivity index (χ2n) is 8.22. The van der Waals surface area contributed by atoms with Crippen molar-refractivity contribution < 1.29 is 9.59 Å². The summed E-state index contributed by atoms with van der Waals surface area (Å²) in [5.74, 6) is 0.106. The smallest absolute Gasteiger partial charge is 0.291 e. The molecule has 2 amide bonds. The van der Waals surface area contributed by atoms with Crippen molar-refractivity contribution >= 4 is 17.5 Å². The number of amides is 2. The highest BCUT2D eigenvalue weighted by Crippen LogP contribution is 2.26. The van der Waals surface area contributed by atoms with E-state index in [0.717, 1.165) is 68.6 Å². The zero-order valence-corrected chi connectivity index (χ0v) is 17.4. The summed E-state index contributed by atoms with van der Waals surface area (Å²) in [6, 6.07) is 8.00. The van der Waals surface area contributed by atoms with Crippen LogP contribution in [0.1, 0.15) is 77.8 Å². The Morgan fingerprint density at radius 3 is 2.79 bits per heavy atom. The van der Waals surface area contributed by atoms with Gasteiger partial charge in [0.05, 0.1) is 5.69 Å². The summed E-state index contributed by atoms with van der Waals surface area (Å²) < 4.78 is 1.97. The Labute approximate surface area is 172 Å². The van der Waals surface area contributed by atoms with Crippen LogP contribution in [-0.2, 0) is 13.0 Å². The number of fused-ring (bicyclic) bond motifs is 1. The Hall–Kier alpha value is -2.63. The molecule has 0 spiro atoms. The van der Waals surface area contributed by atoms with E-state index in [1.165, 1.54) is 6.42 Å². The van der Waals surface area contributed by atoms with E-state index in [4.69, 9.17) is 0 Å². The van der Waals surface area contributed by atoms with Crippen LogP contribution in [-0.4, -0.2) is 38.9 Å². The minimum Gasteiger partial charge on any atom is -0.334 e. The third-order valence-corrected chi connectivity index (χ3v) is 6.16. The number of carbonyl (C=O) groups excluding carboxylic acids is 2. The van der Waals surface area contributed by atoms with Crippen LogP contribution >= 0.6 is 0 Å². The van der Waals surface area contributed by atoms with E-state index in [1.807, 2.05) is 40.7 Å². The number of piperidine rings is 1. The molecule has 154 valence electrons. The number of likely N-dealkylation sites (tertiary alicyclic amines) is 1. The van der Waals surface area contributed by atoms with E-state index in [9.17, 15) is 9.59 Å². The number of benzene rings is 1. The van der Waals surface area contributed by atoms with Gasteiger partial charge in [-0.2, -0.15) is 0 Å². The monoisotopic (exact) mass is 394 g/mol. The largest absolute Gasteiger partial charge is 0.334 e. The molecule has 4 rings (SSSR count). The van der Waals surface area contributed by atoms with E-state index in [0.29, 0.717) is 11.5 Å². The molecule has 1 saturated heterocycles. The highest BCUT2D eigenvalue weighted by Gasteiger charge is 2.33. The van der Waals surface area contributed by atoms with Crippen molar-refractivity contribution in [1.82, 2.24) is 14.5 Å². The van der Waals surface area contributed by atoms with Gasteiger partial charge in [-0.05, 0) is 69.6 Å². The molecule has 0 saturated carbocycles. The van der Waals surface area contributed by atoms with E-state index < -0.39 is 0 Å². The summed E-state index contributed by atoms with van der Waals surface area (Å²) in [7, 11) is 0. The van der Waals surface area contributed by atoms with Crippen molar-refractivity contribution in [2.45, 2.75) is 71.4 Å². The van der Waals surface area contributed by atoms with Crippen LogP contribution < -0.4 is 5.32 Å². The average Bonchev–Trinajstić information content (AvgIpc) is 3.13. The number of aromatic nitrogens is 2. The van der Waals surface area contributed by atoms with Crippen molar-refractivity contribution in [3.8, 4) is 0 Å². The van der Waals surface area contributed by atoms with Crippen LogP contribution in [0.4, 0.5) is 5.69 Å². The lowest BCUT2D eigenvalue weighted by atomic mass is 9.99. The van der Waals surface area contributed by atoms with Gasteiger partial charge in [-0.25, -0.2) is 4.98 Å². The predicted molar refractivity (Wildman–Crippen MR) is 113 cm³/mol. The van der Waals surface area contributed by atoms with Gasteiger partial charge in [0.2, 0.25) is 0 Å². The molecule has 0 radical (unpaired) electrons. The van der Waals surface area contributed by atoms with Gasteiger partial charge in [0.1, 0.15) is 5.69 Å². The number of hydrogen-bond acceptors (Lipinski definition) is 3. The average molecular weight is 395 g/mol. The molecule has 2 aliphatic rings. The molecule has 6 heteroatoms. The van der Waals surface area contributed by atoms with Gasteiger partial charge in [0.15, 0.2) is 5.82 Å². The molecule has 1 atom stereocenters. The zero-order valence-electron chi connectivity index (χ0n) is 17.4. The minimum atomic E-state index is -0.247. The van der Waals surface area contributed by atoms with Crippen LogP contribution in [0, 0.1) is 6.92 Å².